The Morgan fingerprint density at radius 2 is 1.96 bits per heavy atom. The highest BCUT2D eigenvalue weighted by Gasteiger charge is 2.28. The van der Waals surface area contributed by atoms with Gasteiger partial charge in [-0.2, -0.15) is 13.2 Å². The predicted molar refractivity (Wildman–Crippen MR) is 101 cm³/mol. The number of anilines is 1. The number of carbonyl (C=O) groups excluding carboxylic acids is 1. The molecule has 0 radical (unpaired) electrons. The van der Waals surface area contributed by atoms with Gasteiger partial charge in [0.1, 0.15) is 24.1 Å². The van der Waals surface area contributed by atoms with Crippen LogP contribution < -0.4 is 10.6 Å². The van der Waals surface area contributed by atoms with Crippen molar-refractivity contribution in [2.45, 2.75) is 33.0 Å². The molecule has 10 heteroatoms. The van der Waals surface area contributed by atoms with E-state index in [1.807, 2.05) is 25.2 Å². The summed E-state index contributed by atoms with van der Waals surface area (Å²) in [5.41, 5.74) is 1.41. The maximum absolute atomic E-state index is 12.2. The SMILES string of the molecule is CC.CC(Nc1ccnc(-c2c[nH]c3ncccc23)n1)C(=O)NCC(F)(F)F. The fourth-order valence-electron chi connectivity index (χ4n) is 2.34. The van der Waals surface area contributed by atoms with Crippen molar-refractivity contribution in [1.82, 2.24) is 25.3 Å². The summed E-state index contributed by atoms with van der Waals surface area (Å²) in [4.78, 5) is 27.5. The normalized spacial score (nSPS) is 12.1. The number of aromatic amines is 1. The number of halogens is 3. The molecule has 1 unspecified atom stereocenters. The number of amides is 1. The molecule has 1 atom stereocenters. The Hall–Kier alpha value is -3.17. The molecule has 7 nitrogen and oxygen atoms in total. The maximum atomic E-state index is 12.2. The monoisotopic (exact) mass is 394 g/mol. The van der Waals surface area contributed by atoms with Gasteiger partial charge in [-0.15, -0.1) is 0 Å². The Morgan fingerprint density at radius 3 is 2.68 bits per heavy atom. The third kappa shape index (κ3) is 5.41. The Morgan fingerprint density at radius 1 is 1.21 bits per heavy atom. The molecule has 150 valence electrons. The molecule has 0 bridgehead atoms. The van der Waals surface area contributed by atoms with Gasteiger partial charge in [0.05, 0.1) is 0 Å². The van der Waals surface area contributed by atoms with Gasteiger partial charge in [0, 0.05) is 29.5 Å². The molecular formula is C18H21F3N6O. The summed E-state index contributed by atoms with van der Waals surface area (Å²) in [6.45, 7) is 4.07. The standard InChI is InChI=1S/C16H15F3N6O.C2H6/c1-9(15(26)23-8-16(17,18)19)24-12-4-6-21-14(25-12)11-7-22-13-10(11)3-2-5-20-13;1-2/h2-7,9H,8H2,1H3,(H,20,22)(H,23,26)(H,21,24,25);1-2H3. The first-order valence-corrected chi connectivity index (χ1v) is 8.70. The quantitative estimate of drug-likeness (QED) is 0.615. The number of nitrogens with zero attached hydrogens (tertiary/aromatic N) is 3. The van der Waals surface area contributed by atoms with E-state index in [-0.39, 0.29) is 0 Å². The third-order valence-corrected chi connectivity index (χ3v) is 3.57. The fraction of sp³-hybridized carbons (Fsp3) is 0.333. The van der Waals surface area contributed by atoms with Crippen LogP contribution in [0, 0.1) is 0 Å². The summed E-state index contributed by atoms with van der Waals surface area (Å²) in [6.07, 6.45) is 0.417. The summed E-state index contributed by atoms with van der Waals surface area (Å²) in [7, 11) is 0. The second-order valence-electron chi connectivity index (χ2n) is 5.57. The van der Waals surface area contributed by atoms with Gasteiger partial charge in [-0.05, 0) is 25.1 Å². The van der Waals surface area contributed by atoms with Crippen molar-refractivity contribution in [3.63, 3.8) is 0 Å². The number of alkyl halides is 3. The van der Waals surface area contributed by atoms with Crippen LogP contribution in [0.1, 0.15) is 20.8 Å². The van der Waals surface area contributed by atoms with Crippen molar-refractivity contribution in [3.05, 3.63) is 36.8 Å². The Bertz CT molecular complexity index is 925. The van der Waals surface area contributed by atoms with Crippen molar-refractivity contribution < 1.29 is 18.0 Å². The zero-order chi connectivity index (χ0) is 20.7. The van der Waals surface area contributed by atoms with Crippen LogP contribution >= 0.6 is 0 Å². The van der Waals surface area contributed by atoms with Crippen molar-refractivity contribution in [3.8, 4) is 11.4 Å². The first kappa shape index (κ1) is 21.1. The number of hydrogen-bond donors (Lipinski definition) is 3. The molecule has 3 rings (SSSR count). The van der Waals surface area contributed by atoms with Crippen molar-refractivity contribution >= 4 is 22.8 Å². The molecule has 3 N–H and O–H groups in total. The molecule has 3 aromatic heterocycles. The van der Waals surface area contributed by atoms with Gasteiger partial charge in [0.2, 0.25) is 5.91 Å². The van der Waals surface area contributed by atoms with E-state index >= 15 is 0 Å². The molecular weight excluding hydrogens is 373 g/mol. The van der Waals surface area contributed by atoms with Crippen LogP contribution in [0.5, 0.6) is 0 Å². The van der Waals surface area contributed by atoms with Gasteiger partial charge in [0.15, 0.2) is 5.82 Å². The van der Waals surface area contributed by atoms with E-state index in [1.54, 1.807) is 18.5 Å². The summed E-state index contributed by atoms with van der Waals surface area (Å²) in [6, 6.07) is 4.29. The molecule has 0 saturated heterocycles. The third-order valence-electron chi connectivity index (χ3n) is 3.57. The highest BCUT2D eigenvalue weighted by Crippen LogP contribution is 2.25. The van der Waals surface area contributed by atoms with Crippen LogP contribution in [0.3, 0.4) is 0 Å². The molecule has 0 aliphatic rings. The summed E-state index contributed by atoms with van der Waals surface area (Å²) in [5.74, 6) is -0.0566. The van der Waals surface area contributed by atoms with Crippen molar-refractivity contribution in [2.24, 2.45) is 0 Å². The molecule has 0 saturated carbocycles. The molecule has 0 spiro atoms. The zero-order valence-corrected chi connectivity index (χ0v) is 15.6. The number of H-pyrrole nitrogens is 1. The second kappa shape index (κ2) is 9.16. The van der Waals surface area contributed by atoms with E-state index < -0.39 is 24.7 Å². The highest BCUT2D eigenvalue weighted by atomic mass is 19.4. The first-order valence-electron chi connectivity index (χ1n) is 8.70. The summed E-state index contributed by atoms with van der Waals surface area (Å²) < 4.78 is 36.5. The average Bonchev–Trinajstić information content (AvgIpc) is 3.11. The zero-order valence-electron chi connectivity index (χ0n) is 15.6. The number of pyridine rings is 1. The number of hydrogen-bond acceptors (Lipinski definition) is 5. The van der Waals surface area contributed by atoms with E-state index in [2.05, 4.69) is 25.3 Å². The van der Waals surface area contributed by atoms with E-state index in [4.69, 9.17) is 0 Å². The van der Waals surface area contributed by atoms with Crippen LogP contribution in [0.15, 0.2) is 36.8 Å². The highest BCUT2D eigenvalue weighted by molar-refractivity contribution is 5.91. The molecule has 0 aliphatic carbocycles. The minimum atomic E-state index is -4.46. The number of fused-ring (bicyclic) bond motifs is 1. The lowest BCUT2D eigenvalue weighted by Crippen LogP contribution is -2.42. The first-order chi connectivity index (χ1) is 13.3. The van der Waals surface area contributed by atoms with Crippen LogP contribution in [-0.4, -0.2) is 44.6 Å². The number of rotatable bonds is 5. The van der Waals surface area contributed by atoms with Crippen LogP contribution in [-0.2, 0) is 4.79 Å². The van der Waals surface area contributed by atoms with Crippen LogP contribution in [0.2, 0.25) is 0 Å². The number of nitrogens with one attached hydrogen (secondary N) is 3. The Kier molecular flexibility index (Phi) is 6.91. The molecule has 0 aromatic carbocycles. The van der Waals surface area contributed by atoms with Gasteiger partial charge in [-0.1, -0.05) is 13.8 Å². The Balaban J connectivity index is 0.00000136. The van der Waals surface area contributed by atoms with E-state index in [1.165, 1.54) is 19.2 Å². The van der Waals surface area contributed by atoms with Crippen LogP contribution in [0.25, 0.3) is 22.4 Å². The van der Waals surface area contributed by atoms with Crippen molar-refractivity contribution in [2.75, 3.05) is 11.9 Å². The predicted octanol–water partition coefficient (Wildman–Crippen LogP) is 3.53. The minimum absolute atomic E-state index is 0.322. The molecule has 3 aromatic rings. The largest absolute Gasteiger partial charge is 0.405 e. The topological polar surface area (TPSA) is 95.6 Å². The van der Waals surface area contributed by atoms with Gasteiger partial charge in [-0.3, -0.25) is 4.79 Å². The maximum Gasteiger partial charge on any atom is 0.405 e. The molecule has 28 heavy (non-hydrogen) atoms. The lowest BCUT2D eigenvalue weighted by Gasteiger charge is -2.15. The molecule has 3 heterocycles. The van der Waals surface area contributed by atoms with Crippen molar-refractivity contribution in [1.29, 1.82) is 0 Å². The van der Waals surface area contributed by atoms with Gasteiger partial charge in [-0.25, -0.2) is 15.0 Å². The van der Waals surface area contributed by atoms with Gasteiger partial charge >= 0.3 is 6.18 Å². The number of aromatic nitrogens is 4. The summed E-state index contributed by atoms with van der Waals surface area (Å²) in [5, 5.41) is 5.43. The van der Waals surface area contributed by atoms with E-state index in [0.717, 1.165) is 10.9 Å². The smallest absolute Gasteiger partial charge is 0.359 e. The second-order valence-corrected chi connectivity index (χ2v) is 5.57. The lowest BCUT2D eigenvalue weighted by atomic mass is 10.2. The van der Waals surface area contributed by atoms with E-state index in [0.29, 0.717) is 17.3 Å². The molecule has 0 fully saturated rings. The Labute approximate surface area is 159 Å². The minimum Gasteiger partial charge on any atom is -0.359 e. The van der Waals surface area contributed by atoms with E-state index in [9.17, 15) is 18.0 Å². The summed E-state index contributed by atoms with van der Waals surface area (Å²) >= 11 is 0. The van der Waals surface area contributed by atoms with Crippen LogP contribution in [0.4, 0.5) is 19.0 Å². The van der Waals surface area contributed by atoms with Gasteiger partial charge < -0.3 is 15.6 Å². The fourth-order valence-corrected chi connectivity index (χ4v) is 2.34. The molecule has 1 amide bonds. The van der Waals surface area contributed by atoms with Gasteiger partial charge in [0.25, 0.3) is 0 Å². The number of carbonyl (C=O) groups is 1. The average molecular weight is 394 g/mol. The lowest BCUT2D eigenvalue weighted by molar-refractivity contribution is -0.138. The molecule has 0 aliphatic heterocycles.